The number of hydrogen-bond donors (Lipinski definition) is 0. The minimum absolute atomic E-state index is 0.159. The molecule has 15 heavy (non-hydrogen) atoms. The second-order valence-electron chi connectivity index (χ2n) is 4.13. The first-order chi connectivity index (χ1) is 7.38. The topological polar surface area (TPSA) is 26.3 Å². The summed E-state index contributed by atoms with van der Waals surface area (Å²) in [4.78, 5) is 12.1. The molecule has 2 aliphatic rings. The molecule has 0 amide bonds. The van der Waals surface area contributed by atoms with Gasteiger partial charge in [0.1, 0.15) is 6.10 Å². The van der Waals surface area contributed by atoms with Crippen LogP contribution in [-0.4, -0.2) is 30.0 Å². The Balaban J connectivity index is 1.95. The molecule has 0 aromatic rings. The standard InChI is InChI=1S/C12H18O2S/c13-12(11-9-15-8-7-14-11)10-5-3-1-2-4-6-10/h5,11H,1-4,6-9H2. The Morgan fingerprint density at radius 3 is 3.13 bits per heavy atom. The fourth-order valence-corrected chi connectivity index (χ4v) is 2.93. The number of rotatable bonds is 2. The van der Waals surface area contributed by atoms with Crippen molar-refractivity contribution in [3.63, 3.8) is 0 Å². The third-order valence-electron chi connectivity index (χ3n) is 2.97. The third kappa shape index (κ3) is 3.08. The number of ether oxygens (including phenoxy) is 1. The number of carbonyl (C=O) groups excluding carboxylic acids is 1. The van der Waals surface area contributed by atoms with E-state index in [2.05, 4.69) is 6.08 Å². The zero-order valence-corrected chi connectivity index (χ0v) is 9.85. The Hall–Kier alpha value is -0.280. The maximum atomic E-state index is 12.1. The van der Waals surface area contributed by atoms with E-state index in [1.807, 2.05) is 11.8 Å². The van der Waals surface area contributed by atoms with Crippen LogP contribution >= 0.6 is 11.8 Å². The van der Waals surface area contributed by atoms with Crippen LogP contribution in [0, 0.1) is 0 Å². The molecular formula is C12H18O2S. The second kappa shape index (κ2) is 5.71. The Kier molecular flexibility index (Phi) is 4.27. The summed E-state index contributed by atoms with van der Waals surface area (Å²) < 4.78 is 5.52. The van der Waals surface area contributed by atoms with Crippen LogP contribution in [0.3, 0.4) is 0 Å². The molecule has 1 heterocycles. The number of carbonyl (C=O) groups is 1. The minimum Gasteiger partial charge on any atom is -0.368 e. The molecule has 0 N–H and O–H groups in total. The van der Waals surface area contributed by atoms with Crippen molar-refractivity contribution in [1.82, 2.24) is 0 Å². The van der Waals surface area contributed by atoms with E-state index < -0.39 is 0 Å². The first kappa shape index (κ1) is 11.2. The first-order valence-corrected chi connectivity index (χ1v) is 6.96. The average molecular weight is 226 g/mol. The lowest BCUT2D eigenvalue weighted by Crippen LogP contribution is -2.32. The summed E-state index contributed by atoms with van der Waals surface area (Å²) in [7, 11) is 0. The summed E-state index contributed by atoms with van der Waals surface area (Å²) in [6.07, 6.45) is 7.66. The van der Waals surface area contributed by atoms with Crippen molar-refractivity contribution in [3.8, 4) is 0 Å². The summed E-state index contributed by atoms with van der Waals surface area (Å²) in [6.45, 7) is 0.731. The molecule has 0 aromatic carbocycles. The van der Waals surface area contributed by atoms with Gasteiger partial charge in [-0.05, 0) is 31.3 Å². The fourth-order valence-electron chi connectivity index (χ4n) is 2.08. The van der Waals surface area contributed by atoms with Gasteiger partial charge in [-0.3, -0.25) is 4.79 Å². The molecule has 1 atom stereocenters. The van der Waals surface area contributed by atoms with Crippen LogP contribution in [0.15, 0.2) is 11.6 Å². The van der Waals surface area contributed by atoms with E-state index in [1.165, 1.54) is 12.8 Å². The van der Waals surface area contributed by atoms with Crippen LogP contribution in [0.1, 0.15) is 32.1 Å². The molecule has 2 rings (SSSR count). The molecule has 3 heteroatoms. The molecule has 84 valence electrons. The molecule has 0 bridgehead atoms. The lowest BCUT2D eigenvalue weighted by Gasteiger charge is -2.21. The second-order valence-corrected chi connectivity index (χ2v) is 5.28. The number of ketones is 1. The van der Waals surface area contributed by atoms with E-state index in [4.69, 9.17) is 4.74 Å². The predicted octanol–water partition coefficient (Wildman–Crippen LogP) is 2.58. The number of thioether (sulfide) groups is 1. The van der Waals surface area contributed by atoms with E-state index in [9.17, 15) is 4.79 Å². The van der Waals surface area contributed by atoms with Crippen molar-refractivity contribution in [1.29, 1.82) is 0 Å². The molecule has 0 aromatic heterocycles. The molecule has 0 spiro atoms. The highest BCUT2D eigenvalue weighted by Crippen LogP contribution is 2.22. The smallest absolute Gasteiger partial charge is 0.188 e. The van der Waals surface area contributed by atoms with Gasteiger partial charge in [0.15, 0.2) is 5.78 Å². The molecule has 0 radical (unpaired) electrons. The van der Waals surface area contributed by atoms with Crippen molar-refractivity contribution in [2.75, 3.05) is 18.1 Å². The van der Waals surface area contributed by atoms with E-state index in [-0.39, 0.29) is 11.9 Å². The molecule has 1 aliphatic carbocycles. The highest BCUT2D eigenvalue weighted by Gasteiger charge is 2.25. The molecular weight excluding hydrogens is 208 g/mol. The normalized spacial score (nSPS) is 28.0. The first-order valence-electron chi connectivity index (χ1n) is 5.80. The highest BCUT2D eigenvalue weighted by atomic mass is 32.2. The SMILES string of the molecule is O=C(C1=CCCCCC1)C1CSCCO1. The zero-order valence-electron chi connectivity index (χ0n) is 9.04. The van der Waals surface area contributed by atoms with Gasteiger partial charge in [0.05, 0.1) is 6.61 Å². The van der Waals surface area contributed by atoms with Gasteiger partial charge in [0, 0.05) is 11.5 Å². The van der Waals surface area contributed by atoms with Crippen LogP contribution in [0.25, 0.3) is 0 Å². The molecule has 1 fully saturated rings. The van der Waals surface area contributed by atoms with Gasteiger partial charge < -0.3 is 4.74 Å². The monoisotopic (exact) mass is 226 g/mol. The highest BCUT2D eigenvalue weighted by molar-refractivity contribution is 7.99. The number of Topliss-reactive ketones (excluding diaryl/α,β-unsaturated/α-hetero) is 1. The lowest BCUT2D eigenvalue weighted by atomic mass is 10.0. The maximum absolute atomic E-state index is 12.1. The van der Waals surface area contributed by atoms with Gasteiger partial charge in [0.2, 0.25) is 0 Å². The van der Waals surface area contributed by atoms with Crippen molar-refractivity contribution < 1.29 is 9.53 Å². The Morgan fingerprint density at radius 1 is 1.40 bits per heavy atom. The van der Waals surface area contributed by atoms with Crippen molar-refractivity contribution in [3.05, 3.63) is 11.6 Å². The van der Waals surface area contributed by atoms with Gasteiger partial charge in [-0.25, -0.2) is 0 Å². The molecule has 0 saturated carbocycles. The van der Waals surface area contributed by atoms with Crippen LogP contribution in [0.4, 0.5) is 0 Å². The van der Waals surface area contributed by atoms with Crippen LogP contribution in [0.2, 0.25) is 0 Å². The fraction of sp³-hybridized carbons (Fsp3) is 0.750. The van der Waals surface area contributed by atoms with Crippen LogP contribution in [0.5, 0.6) is 0 Å². The number of hydrogen-bond acceptors (Lipinski definition) is 3. The van der Waals surface area contributed by atoms with Gasteiger partial charge in [0.25, 0.3) is 0 Å². The van der Waals surface area contributed by atoms with Crippen molar-refractivity contribution in [2.24, 2.45) is 0 Å². The van der Waals surface area contributed by atoms with Gasteiger partial charge in [-0.2, -0.15) is 11.8 Å². The van der Waals surface area contributed by atoms with Gasteiger partial charge >= 0.3 is 0 Å². The molecule has 2 nitrogen and oxygen atoms in total. The lowest BCUT2D eigenvalue weighted by molar-refractivity contribution is -0.125. The van der Waals surface area contributed by atoms with Crippen LogP contribution < -0.4 is 0 Å². The third-order valence-corrected chi connectivity index (χ3v) is 3.96. The van der Waals surface area contributed by atoms with E-state index in [0.717, 1.165) is 42.9 Å². The zero-order chi connectivity index (χ0) is 10.5. The summed E-state index contributed by atoms with van der Waals surface area (Å²) in [5, 5.41) is 0. The minimum atomic E-state index is -0.159. The van der Waals surface area contributed by atoms with Crippen molar-refractivity contribution in [2.45, 2.75) is 38.2 Å². The summed E-state index contributed by atoms with van der Waals surface area (Å²) in [5.41, 5.74) is 1.03. The summed E-state index contributed by atoms with van der Waals surface area (Å²) >= 11 is 1.83. The van der Waals surface area contributed by atoms with Gasteiger partial charge in [-0.15, -0.1) is 0 Å². The number of allylic oxidation sites excluding steroid dienone is 1. The Bertz CT molecular complexity index is 254. The Labute approximate surface area is 95.5 Å². The predicted molar refractivity (Wildman–Crippen MR) is 63.2 cm³/mol. The van der Waals surface area contributed by atoms with Crippen LogP contribution in [-0.2, 0) is 9.53 Å². The largest absolute Gasteiger partial charge is 0.368 e. The molecule has 1 unspecified atom stereocenters. The van der Waals surface area contributed by atoms with Crippen molar-refractivity contribution >= 4 is 17.5 Å². The molecule has 1 saturated heterocycles. The summed E-state index contributed by atoms with van der Waals surface area (Å²) in [5.74, 6) is 2.13. The quantitative estimate of drug-likeness (QED) is 0.724. The summed E-state index contributed by atoms with van der Waals surface area (Å²) in [6, 6.07) is 0. The van der Waals surface area contributed by atoms with E-state index in [0.29, 0.717) is 0 Å². The van der Waals surface area contributed by atoms with Gasteiger partial charge in [-0.1, -0.05) is 12.5 Å². The average Bonchev–Trinajstić information content (AvgIpc) is 2.58. The maximum Gasteiger partial charge on any atom is 0.188 e. The van der Waals surface area contributed by atoms with E-state index >= 15 is 0 Å². The Morgan fingerprint density at radius 2 is 2.33 bits per heavy atom. The van der Waals surface area contributed by atoms with E-state index in [1.54, 1.807) is 0 Å². The molecule has 1 aliphatic heterocycles.